The number of halogens is 1. The van der Waals surface area contributed by atoms with Crippen molar-refractivity contribution < 1.29 is 13.2 Å². The Morgan fingerprint density at radius 3 is 2.27 bits per heavy atom. The summed E-state index contributed by atoms with van der Waals surface area (Å²) < 4.78 is 27.0. The fourth-order valence-corrected chi connectivity index (χ4v) is 5.48. The lowest BCUT2D eigenvalue weighted by molar-refractivity contribution is -0.126. The van der Waals surface area contributed by atoms with Crippen LogP contribution in [0.4, 0.5) is 0 Å². The summed E-state index contributed by atoms with van der Waals surface area (Å²) >= 11 is 5.87. The zero-order chi connectivity index (χ0) is 21.7. The van der Waals surface area contributed by atoms with E-state index in [1.807, 2.05) is 19.1 Å². The van der Waals surface area contributed by atoms with Crippen molar-refractivity contribution in [3.63, 3.8) is 0 Å². The number of carbonyl (C=O) groups is 1. The first-order valence-electron chi connectivity index (χ1n) is 10.4. The Hall–Kier alpha value is -1.89. The van der Waals surface area contributed by atoms with Crippen molar-refractivity contribution in [1.82, 2.24) is 9.62 Å². The molecule has 1 heterocycles. The van der Waals surface area contributed by atoms with Gasteiger partial charge in [-0.1, -0.05) is 60.5 Å². The SMILES string of the molecule is CC[C@H](NC(=O)C1CCN(S(=O)(=O)Cc2ccc(Cl)cc2)CC1)c1ccc(C)cc1. The highest BCUT2D eigenvalue weighted by Crippen LogP contribution is 2.24. The minimum Gasteiger partial charge on any atom is -0.349 e. The number of hydrogen-bond donors (Lipinski definition) is 1. The number of hydrogen-bond acceptors (Lipinski definition) is 3. The molecule has 2 aromatic carbocycles. The van der Waals surface area contributed by atoms with Gasteiger partial charge in [-0.25, -0.2) is 12.7 Å². The number of rotatable bonds is 7. The van der Waals surface area contributed by atoms with Crippen LogP contribution in [-0.4, -0.2) is 31.7 Å². The van der Waals surface area contributed by atoms with Crippen molar-refractivity contribution in [2.24, 2.45) is 5.92 Å². The average Bonchev–Trinajstić information content (AvgIpc) is 2.74. The van der Waals surface area contributed by atoms with E-state index in [1.54, 1.807) is 24.3 Å². The van der Waals surface area contributed by atoms with Gasteiger partial charge in [0.05, 0.1) is 11.8 Å². The summed E-state index contributed by atoms with van der Waals surface area (Å²) in [6.07, 6.45) is 1.88. The van der Waals surface area contributed by atoms with E-state index in [-0.39, 0.29) is 23.6 Å². The van der Waals surface area contributed by atoms with Crippen molar-refractivity contribution in [3.05, 3.63) is 70.2 Å². The van der Waals surface area contributed by atoms with Crippen molar-refractivity contribution in [1.29, 1.82) is 0 Å². The number of carbonyl (C=O) groups excluding carboxylic acids is 1. The van der Waals surface area contributed by atoms with Crippen LogP contribution in [0.15, 0.2) is 48.5 Å². The van der Waals surface area contributed by atoms with E-state index in [2.05, 4.69) is 24.4 Å². The molecule has 162 valence electrons. The number of benzene rings is 2. The summed E-state index contributed by atoms with van der Waals surface area (Å²) in [6.45, 7) is 4.83. The number of sulfonamides is 1. The maximum absolute atomic E-state index is 12.8. The van der Waals surface area contributed by atoms with Gasteiger partial charge in [-0.2, -0.15) is 0 Å². The Labute approximate surface area is 184 Å². The summed E-state index contributed by atoms with van der Waals surface area (Å²) in [6, 6.07) is 15.0. The van der Waals surface area contributed by atoms with E-state index in [0.29, 0.717) is 36.5 Å². The van der Waals surface area contributed by atoms with E-state index in [9.17, 15) is 13.2 Å². The van der Waals surface area contributed by atoms with Crippen LogP contribution < -0.4 is 5.32 Å². The molecular formula is C23H29ClN2O3S. The van der Waals surface area contributed by atoms with Gasteiger partial charge in [0, 0.05) is 24.0 Å². The van der Waals surface area contributed by atoms with Gasteiger partial charge >= 0.3 is 0 Å². The molecule has 0 aliphatic carbocycles. The number of amides is 1. The Balaban J connectivity index is 1.55. The summed E-state index contributed by atoms with van der Waals surface area (Å²) in [5.41, 5.74) is 3.00. The maximum Gasteiger partial charge on any atom is 0.223 e. The maximum atomic E-state index is 12.8. The highest BCUT2D eigenvalue weighted by Gasteiger charge is 2.31. The van der Waals surface area contributed by atoms with Gasteiger partial charge in [0.15, 0.2) is 0 Å². The standard InChI is InChI=1S/C23H29ClN2O3S/c1-3-22(19-8-4-17(2)5-9-19)25-23(27)20-12-14-26(15-13-20)30(28,29)16-18-6-10-21(24)11-7-18/h4-11,20,22H,3,12-16H2,1-2H3,(H,25,27)/t22-/m0/s1. The van der Waals surface area contributed by atoms with E-state index < -0.39 is 10.0 Å². The van der Waals surface area contributed by atoms with Gasteiger partial charge in [0.1, 0.15) is 0 Å². The first-order valence-corrected chi connectivity index (χ1v) is 12.4. The Morgan fingerprint density at radius 1 is 1.10 bits per heavy atom. The molecule has 0 unspecified atom stereocenters. The van der Waals surface area contributed by atoms with Crippen LogP contribution in [0.1, 0.15) is 48.9 Å². The molecule has 30 heavy (non-hydrogen) atoms. The van der Waals surface area contributed by atoms with Crippen molar-refractivity contribution in [2.75, 3.05) is 13.1 Å². The molecule has 3 rings (SSSR count). The molecule has 0 aromatic heterocycles. The molecule has 0 bridgehead atoms. The molecule has 0 spiro atoms. The van der Waals surface area contributed by atoms with Gasteiger partial charge in [-0.05, 0) is 49.4 Å². The van der Waals surface area contributed by atoms with E-state index in [4.69, 9.17) is 11.6 Å². The predicted molar refractivity (Wildman–Crippen MR) is 121 cm³/mol. The summed E-state index contributed by atoms with van der Waals surface area (Å²) in [5.74, 6) is -0.199. The Morgan fingerprint density at radius 2 is 1.70 bits per heavy atom. The van der Waals surface area contributed by atoms with Crippen LogP contribution >= 0.6 is 11.6 Å². The van der Waals surface area contributed by atoms with Gasteiger partial charge in [-0.15, -0.1) is 0 Å². The summed E-state index contributed by atoms with van der Waals surface area (Å²) in [4.78, 5) is 12.8. The highest BCUT2D eigenvalue weighted by atomic mass is 35.5. The van der Waals surface area contributed by atoms with Crippen LogP contribution in [0.25, 0.3) is 0 Å². The van der Waals surface area contributed by atoms with Crippen LogP contribution in [-0.2, 0) is 20.6 Å². The molecule has 0 saturated carbocycles. The number of nitrogens with zero attached hydrogens (tertiary/aromatic N) is 1. The van der Waals surface area contributed by atoms with E-state index in [0.717, 1.165) is 12.0 Å². The third-order valence-corrected chi connectivity index (χ3v) is 7.79. The molecule has 0 radical (unpaired) electrons. The zero-order valence-corrected chi connectivity index (χ0v) is 19.0. The quantitative estimate of drug-likeness (QED) is 0.680. The normalized spacial score (nSPS) is 16.9. The number of aryl methyl sites for hydroxylation is 1. The van der Waals surface area contributed by atoms with Gasteiger partial charge in [-0.3, -0.25) is 4.79 Å². The second-order valence-corrected chi connectivity index (χ2v) is 10.3. The number of nitrogens with one attached hydrogen (secondary N) is 1. The fraction of sp³-hybridized carbons (Fsp3) is 0.435. The second-order valence-electron chi connectivity index (χ2n) is 7.94. The van der Waals surface area contributed by atoms with E-state index in [1.165, 1.54) is 9.87 Å². The fourth-order valence-electron chi connectivity index (χ4n) is 3.79. The molecule has 1 aliphatic rings. The topological polar surface area (TPSA) is 66.5 Å². The molecular weight excluding hydrogens is 420 g/mol. The van der Waals surface area contributed by atoms with Gasteiger partial charge in [0.25, 0.3) is 0 Å². The zero-order valence-electron chi connectivity index (χ0n) is 17.5. The lowest BCUT2D eigenvalue weighted by atomic mass is 9.95. The number of piperidine rings is 1. The molecule has 1 N–H and O–H groups in total. The largest absolute Gasteiger partial charge is 0.349 e. The van der Waals surface area contributed by atoms with Crippen LogP contribution in [0.5, 0.6) is 0 Å². The third kappa shape index (κ3) is 5.84. The molecule has 7 heteroatoms. The lowest BCUT2D eigenvalue weighted by Crippen LogP contribution is -2.44. The Kier molecular flexibility index (Phi) is 7.55. The minimum atomic E-state index is -3.41. The van der Waals surface area contributed by atoms with Crippen LogP contribution in [0, 0.1) is 12.8 Å². The first-order chi connectivity index (χ1) is 14.3. The van der Waals surface area contributed by atoms with Crippen molar-refractivity contribution in [2.45, 2.75) is 44.9 Å². The average molecular weight is 449 g/mol. The van der Waals surface area contributed by atoms with Gasteiger partial charge in [0.2, 0.25) is 15.9 Å². The van der Waals surface area contributed by atoms with E-state index >= 15 is 0 Å². The molecule has 1 amide bonds. The predicted octanol–water partition coefficient (Wildman–Crippen LogP) is 4.46. The van der Waals surface area contributed by atoms with Crippen LogP contribution in [0.2, 0.25) is 5.02 Å². The minimum absolute atomic E-state index is 0.0113. The second kappa shape index (κ2) is 9.94. The lowest BCUT2D eigenvalue weighted by Gasteiger charge is -2.31. The molecule has 1 saturated heterocycles. The van der Waals surface area contributed by atoms with Crippen molar-refractivity contribution >= 4 is 27.5 Å². The highest BCUT2D eigenvalue weighted by molar-refractivity contribution is 7.88. The van der Waals surface area contributed by atoms with Gasteiger partial charge < -0.3 is 5.32 Å². The monoisotopic (exact) mass is 448 g/mol. The molecule has 5 nitrogen and oxygen atoms in total. The summed E-state index contributed by atoms with van der Waals surface area (Å²) in [7, 11) is -3.41. The van der Waals surface area contributed by atoms with Crippen molar-refractivity contribution in [3.8, 4) is 0 Å². The molecule has 2 aromatic rings. The third-order valence-electron chi connectivity index (χ3n) is 5.68. The van der Waals surface area contributed by atoms with Crippen LogP contribution in [0.3, 0.4) is 0 Å². The molecule has 1 atom stereocenters. The molecule has 1 fully saturated rings. The molecule has 1 aliphatic heterocycles. The Bertz CT molecular complexity index is 951. The summed E-state index contributed by atoms with van der Waals surface area (Å²) in [5, 5.41) is 3.73. The smallest absolute Gasteiger partial charge is 0.223 e. The first kappa shape index (κ1) is 22.8.